The molecule has 9 rings (SSSR count). The molecule has 0 bridgehead atoms. The van der Waals surface area contributed by atoms with Gasteiger partial charge in [0.15, 0.2) is 0 Å². The highest BCUT2D eigenvalue weighted by atomic mass is 32.1. The predicted molar refractivity (Wildman–Crippen MR) is 180 cm³/mol. The van der Waals surface area contributed by atoms with Crippen molar-refractivity contribution in [2.75, 3.05) is 0 Å². The minimum atomic E-state index is -0.821. The SMILES string of the molecule is CC1(C)c2cc(-c3ccc(-c4ccc5nc6c7ccccc7sc6n5c4)cc3)ccc2-c2ccc(-c3ccc(F)nc3F)cc21. The Kier molecular flexibility index (Phi) is 5.48. The summed E-state index contributed by atoms with van der Waals surface area (Å²) in [7, 11) is 0. The molecule has 0 unspecified atom stereocenters. The summed E-state index contributed by atoms with van der Waals surface area (Å²) in [4.78, 5) is 9.46. The summed E-state index contributed by atoms with van der Waals surface area (Å²) in [5, 5.41) is 1.20. The van der Waals surface area contributed by atoms with Crippen LogP contribution in [0.5, 0.6) is 0 Å². The summed E-state index contributed by atoms with van der Waals surface area (Å²) in [6, 6.07) is 36.6. The third-order valence-electron chi connectivity index (χ3n) is 9.28. The second-order valence-electron chi connectivity index (χ2n) is 12.2. The van der Waals surface area contributed by atoms with Gasteiger partial charge in [0.2, 0.25) is 11.9 Å². The zero-order chi connectivity index (χ0) is 30.4. The molecular formula is C39H25F2N3S. The van der Waals surface area contributed by atoms with Gasteiger partial charge in [-0.2, -0.15) is 13.8 Å². The van der Waals surface area contributed by atoms with Crippen molar-refractivity contribution in [3.63, 3.8) is 0 Å². The van der Waals surface area contributed by atoms with Gasteiger partial charge >= 0.3 is 0 Å². The summed E-state index contributed by atoms with van der Waals surface area (Å²) in [5.74, 6) is -1.62. The minimum Gasteiger partial charge on any atom is -0.290 e. The highest BCUT2D eigenvalue weighted by molar-refractivity contribution is 7.25. The summed E-state index contributed by atoms with van der Waals surface area (Å²) in [5.41, 5.74) is 11.9. The van der Waals surface area contributed by atoms with Crippen molar-refractivity contribution in [1.29, 1.82) is 0 Å². The van der Waals surface area contributed by atoms with E-state index < -0.39 is 11.9 Å². The van der Waals surface area contributed by atoms with Crippen LogP contribution in [0.2, 0.25) is 0 Å². The summed E-state index contributed by atoms with van der Waals surface area (Å²) >= 11 is 1.77. The number of nitrogens with zero attached hydrogens (tertiary/aromatic N) is 3. The van der Waals surface area contributed by atoms with E-state index in [4.69, 9.17) is 4.98 Å². The molecule has 0 saturated heterocycles. The number of thiophene rings is 1. The number of hydrogen-bond donors (Lipinski definition) is 0. The molecule has 0 amide bonds. The smallest absolute Gasteiger partial charge is 0.223 e. The maximum absolute atomic E-state index is 14.5. The van der Waals surface area contributed by atoms with Crippen molar-refractivity contribution in [2.24, 2.45) is 0 Å². The second kappa shape index (κ2) is 9.40. The molecule has 45 heavy (non-hydrogen) atoms. The van der Waals surface area contributed by atoms with Gasteiger partial charge in [-0.3, -0.25) is 4.40 Å². The second-order valence-corrected chi connectivity index (χ2v) is 13.2. The molecule has 8 aromatic rings. The van der Waals surface area contributed by atoms with Crippen molar-refractivity contribution in [1.82, 2.24) is 14.4 Å². The standard InChI is InChI=1S/C39H25F2N3S/c1-39(2)31-19-24(11-14-28(31)29-15-12-25(20-32(29)39)27-16-17-34(40)42-37(27)41)22-7-9-23(10-8-22)26-13-18-35-43-36-30-5-3-4-6-33(30)45-38(36)44(35)21-26/h3-21H,1-2H3. The van der Waals surface area contributed by atoms with Gasteiger partial charge in [-0.15, -0.1) is 11.3 Å². The molecule has 6 heteroatoms. The molecule has 0 atom stereocenters. The van der Waals surface area contributed by atoms with Crippen LogP contribution < -0.4 is 0 Å². The molecule has 1 aliphatic carbocycles. The lowest BCUT2D eigenvalue weighted by atomic mass is 9.81. The van der Waals surface area contributed by atoms with E-state index in [-0.39, 0.29) is 5.41 Å². The van der Waals surface area contributed by atoms with Gasteiger partial charge in [0.1, 0.15) is 16.0 Å². The molecule has 0 N–H and O–H groups in total. The number of imidazole rings is 1. The predicted octanol–water partition coefficient (Wildman–Crippen LogP) is 10.7. The van der Waals surface area contributed by atoms with Gasteiger partial charge in [-0.25, -0.2) is 4.98 Å². The molecule has 4 heterocycles. The first-order chi connectivity index (χ1) is 21.8. The lowest BCUT2D eigenvalue weighted by Crippen LogP contribution is -2.15. The van der Waals surface area contributed by atoms with E-state index >= 15 is 0 Å². The van der Waals surface area contributed by atoms with E-state index in [9.17, 15) is 8.78 Å². The van der Waals surface area contributed by atoms with Crippen LogP contribution in [0.3, 0.4) is 0 Å². The van der Waals surface area contributed by atoms with Crippen LogP contribution >= 0.6 is 11.3 Å². The molecule has 0 radical (unpaired) electrons. The number of rotatable bonds is 3. The molecule has 4 aromatic heterocycles. The van der Waals surface area contributed by atoms with Crippen LogP contribution in [-0.4, -0.2) is 14.4 Å². The minimum absolute atomic E-state index is 0.293. The van der Waals surface area contributed by atoms with Crippen molar-refractivity contribution in [3.8, 4) is 44.5 Å². The van der Waals surface area contributed by atoms with Crippen LogP contribution in [0.25, 0.3) is 70.6 Å². The molecular weight excluding hydrogens is 581 g/mol. The number of hydrogen-bond acceptors (Lipinski definition) is 3. The van der Waals surface area contributed by atoms with E-state index in [0.717, 1.165) is 49.4 Å². The first kappa shape index (κ1) is 26.2. The summed E-state index contributed by atoms with van der Waals surface area (Å²) in [6.45, 7) is 4.40. The van der Waals surface area contributed by atoms with Gasteiger partial charge in [-0.05, 0) is 92.5 Å². The lowest BCUT2D eigenvalue weighted by Gasteiger charge is -2.22. The third kappa shape index (κ3) is 3.92. The number of fused-ring (bicyclic) bond motifs is 8. The maximum Gasteiger partial charge on any atom is 0.223 e. The maximum atomic E-state index is 14.5. The Morgan fingerprint density at radius 1 is 0.622 bits per heavy atom. The van der Waals surface area contributed by atoms with Crippen LogP contribution in [0.15, 0.2) is 115 Å². The highest BCUT2D eigenvalue weighted by Gasteiger charge is 2.36. The normalized spacial score (nSPS) is 13.5. The summed E-state index contributed by atoms with van der Waals surface area (Å²) < 4.78 is 31.4. The number of benzene rings is 4. The van der Waals surface area contributed by atoms with E-state index in [1.807, 2.05) is 18.2 Å². The van der Waals surface area contributed by atoms with E-state index in [1.165, 1.54) is 33.3 Å². The van der Waals surface area contributed by atoms with Gasteiger partial charge in [0, 0.05) is 27.3 Å². The van der Waals surface area contributed by atoms with Gasteiger partial charge in [0.25, 0.3) is 0 Å². The van der Waals surface area contributed by atoms with E-state index in [2.05, 4.69) is 108 Å². The number of pyridine rings is 2. The summed E-state index contributed by atoms with van der Waals surface area (Å²) in [6.07, 6.45) is 2.19. The lowest BCUT2D eigenvalue weighted by molar-refractivity contribution is 0.515. The Balaban J connectivity index is 1.05. The van der Waals surface area contributed by atoms with Crippen LogP contribution in [0.4, 0.5) is 8.78 Å². The first-order valence-electron chi connectivity index (χ1n) is 14.9. The molecule has 1 aliphatic rings. The Hall–Kier alpha value is -5.20. The third-order valence-corrected chi connectivity index (χ3v) is 10.4. The Morgan fingerprint density at radius 2 is 1.24 bits per heavy atom. The molecule has 0 saturated carbocycles. The van der Waals surface area contributed by atoms with Crippen LogP contribution in [-0.2, 0) is 5.41 Å². The molecule has 3 nitrogen and oxygen atoms in total. The van der Waals surface area contributed by atoms with Crippen molar-refractivity contribution in [3.05, 3.63) is 138 Å². The fraction of sp³-hybridized carbons (Fsp3) is 0.0769. The van der Waals surface area contributed by atoms with E-state index in [1.54, 1.807) is 11.3 Å². The van der Waals surface area contributed by atoms with Crippen molar-refractivity contribution < 1.29 is 8.78 Å². The number of aromatic nitrogens is 3. The Labute approximate surface area is 262 Å². The van der Waals surface area contributed by atoms with Gasteiger partial charge < -0.3 is 0 Å². The van der Waals surface area contributed by atoms with Crippen LogP contribution in [0, 0.1) is 11.9 Å². The van der Waals surface area contributed by atoms with E-state index in [0.29, 0.717) is 11.1 Å². The first-order valence-corrected chi connectivity index (χ1v) is 15.7. The highest BCUT2D eigenvalue weighted by Crippen LogP contribution is 2.50. The van der Waals surface area contributed by atoms with Crippen molar-refractivity contribution >= 4 is 37.4 Å². The average molecular weight is 606 g/mol. The molecule has 0 aliphatic heterocycles. The zero-order valence-corrected chi connectivity index (χ0v) is 25.3. The topological polar surface area (TPSA) is 30.2 Å². The Bertz CT molecular complexity index is 2490. The molecule has 4 aromatic carbocycles. The Morgan fingerprint density at radius 3 is 2.00 bits per heavy atom. The monoisotopic (exact) mass is 605 g/mol. The quantitative estimate of drug-likeness (QED) is 0.188. The fourth-order valence-corrected chi connectivity index (χ4v) is 8.02. The zero-order valence-electron chi connectivity index (χ0n) is 24.5. The molecule has 0 fully saturated rings. The largest absolute Gasteiger partial charge is 0.290 e. The molecule has 0 spiro atoms. The fourth-order valence-electron chi connectivity index (χ4n) is 6.89. The number of halogens is 2. The van der Waals surface area contributed by atoms with Crippen LogP contribution in [0.1, 0.15) is 25.0 Å². The van der Waals surface area contributed by atoms with Crippen molar-refractivity contribution in [2.45, 2.75) is 19.3 Å². The molecule has 216 valence electrons. The average Bonchev–Trinajstić information content (AvgIpc) is 3.67. The van der Waals surface area contributed by atoms with Gasteiger partial charge in [-0.1, -0.05) is 80.6 Å². The van der Waals surface area contributed by atoms with Gasteiger partial charge in [0.05, 0.1) is 0 Å².